The number of thiocarbonyl (C=S) groups is 1. The zero-order valence-electron chi connectivity index (χ0n) is 12.4. The van der Waals surface area contributed by atoms with E-state index in [1.807, 2.05) is 19.0 Å². The molecule has 0 amide bonds. The third-order valence-corrected chi connectivity index (χ3v) is 5.10. The van der Waals surface area contributed by atoms with Crippen molar-refractivity contribution in [2.45, 2.75) is 56.0 Å². The van der Waals surface area contributed by atoms with E-state index in [0.717, 1.165) is 49.3 Å². The van der Waals surface area contributed by atoms with E-state index in [0.29, 0.717) is 0 Å². The molecule has 1 aromatic rings. The molecule has 3 atom stereocenters. The number of hydrogen-bond acceptors (Lipinski definition) is 5. The Morgan fingerprint density at radius 1 is 1.52 bits per heavy atom. The first-order valence-corrected chi connectivity index (χ1v) is 8.14. The molecule has 1 N–H and O–H groups in total. The number of halogens is 1. The van der Waals surface area contributed by atoms with Crippen molar-refractivity contribution in [2.24, 2.45) is 7.05 Å². The van der Waals surface area contributed by atoms with Crippen molar-refractivity contribution in [2.75, 3.05) is 7.05 Å². The standard InChI is InChI=1S/C13H22ClN5OS/c1-18(10-6-3-5-9(14)13(10)20)12(21)8-4-7-11-15-16-17-19(11)2/h9-10,13,20H,3-8H2,1-2H3. The van der Waals surface area contributed by atoms with Gasteiger partial charge in [0.2, 0.25) is 0 Å². The van der Waals surface area contributed by atoms with Crippen LogP contribution in [-0.4, -0.2) is 59.8 Å². The van der Waals surface area contributed by atoms with E-state index in [1.165, 1.54) is 0 Å². The summed E-state index contributed by atoms with van der Waals surface area (Å²) in [4.78, 5) is 2.88. The van der Waals surface area contributed by atoms with Crippen LogP contribution in [0.4, 0.5) is 0 Å². The second-order valence-corrected chi connectivity index (χ2v) is 6.61. The molecule has 8 heteroatoms. The van der Waals surface area contributed by atoms with Crippen LogP contribution >= 0.6 is 23.8 Å². The number of likely N-dealkylation sites (N-methyl/N-ethyl adjacent to an activating group) is 1. The van der Waals surface area contributed by atoms with Crippen molar-refractivity contribution in [3.8, 4) is 0 Å². The highest BCUT2D eigenvalue weighted by molar-refractivity contribution is 7.80. The average Bonchev–Trinajstić information content (AvgIpc) is 2.86. The Balaban J connectivity index is 1.81. The molecule has 0 aromatic carbocycles. The summed E-state index contributed by atoms with van der Waals surface area (Å²) < 4.78 is 1.68. The molecule has 1 heterocycles. The second-order valence-electron chi connectivity index (χ2n) is 5.58. The zero-order chi connectivity index (χ0) is 15.4. The topological polar surface area (TPSA) is 67.1 Å². The van der Waals surface area contributed by atoms with Crippen LogP contribution in [0, 0.1) is 0 Å². The Labute approximate surface area is 135 Å². The molecule has 0 radical (unpaired) electrons. The summed E-state index contributed by atoms with van der Waals surface area (Å²) in [6.07, 6.45) is 4.81. The zero-order valence-corrected chi connectivity index (χ0v) is 14.0. The summed E-state index contributed by atoms with van der Waals surface area (Å²) in [5.74, 6) is 0.860. The number of aliphatic hydroxyl groups is 1. The van der Waals surface area contributed by atoms with Gasteiger partial charge in [0.25, 0.3) is 0 Å². The molecule has 21 heavy (non-hydrogen) atoms. The van der Waals surface area contributed by atoms with Crippen LogP contribution in [-0.2, 0) is 13.5 Å². The molecule has 1 fully saturated rings. The quantitative estimate of drug-likeness (QED) is 0.648. The van der Waals surface area contributed by atoms with Gasteiger partial charge in [0.15, 0.2) is 5.82 Å². The first kappa shape index (κ1) is 16.6. The minimum atomic E-state index is -0.508. The fraction of sp³-hybridized carbons (Fsp3) is 0.846. The fourth-order valence-electron chi connectivity index (χ4n) is 2.75. The average molecular weight is 332 g/mol. The number of aromatic nitrogens is 4. The van der Waals surface area contributed by atoms with Gasteiger partial charge in [-0.3, -0.25) is 0 Å². The lowest BCUT2D eigenvalue weighted by Gasteiger charge is -2.39. The minimum Gasteiger partial charge on any atom is -0.389 e. The summed E-state index contributed by atoms with van der Waals surface area (Å²) >= 11 is 11.6. The van der Waals surface area contributed by atoms with Crippen molar-refractivity contribution in [1.82, 2.24) is 25.1 Å². The van der Waals surface area contributed by atoms with Gasteiger partial charge in [-0.25, -0.2) is 4.68 Å². The van der Waals surface area contributed by atoms with Crippen molar-refractivity contribution >= 4 is 28.8 Å². The van der Waals surface area contributed by atoms with Crippen LogP contribution in [0.5, 0.6) is 0 Å². The Bertz CT molecular complexity index is 483. The van der Waals surface area contributed by atoms with Crippen molar-refractivity contribution in [3.63, 3.8) is 0 Å². The van der Waals surface area contributed by atoms with E-state index < -0.39 is 6.10 Å². The number of alkyl halides is 1. The van der Waals surface area contributed by atoms with Crippen LogP contribution in [0.1, 0.15) is 37.9 Å². The molecule has 1 aliphatic carbocycles. The monoisotopic (exact) mass is 331 g/mol. The highest BCUT2D eigenvalue weighted by Crippen LogP contribution is 2.27. The van der Waals surface area contributed by atoms with E-state index in [-0.39, 0.29) is 11.4 Å². The van der Waals surface area contributed by atoms with Crippen molar-refractivity contribution < 1.29 is 5.11 Å². The molecule has 118 valence electrons. The number of aliphatic hydroxyl groups excluding tert-OH is 1. The van der Waals surface area contributed by atoms with E-state index in [2.05, 4.69) is 15.5 Å². The summed E-state index contributed by atoms with van der Waals surface area (Å²) in [7, 11) is 3.79. The maximum Gasteiger partial charge on any atom is 0.150 e. The number of aryl methyl sites for hydroxylation is 2. The predicted octanol–water partition coefficient (Wildman–Crippen LogP) is 1.31. The smallest absolute Gasteiger partial charge is 0.150 e. The van der Waals surface area contributed by atoms with Crippen molar-refractivity contribution in [1.29, 1.82) is 0 Å². The lowest BCUT2D eigenvalue weighted by atomic mass is 9.91. The van der Waals surface area contributed by atoms with Crippen LogP contribution in [0.2, 0.25) is 0 Å². The van der Waals surface area contributed by atoms with Gasteiger partial charge in [0, 0.05) is 20.5 Å². The third-order valence-electron chi connectivity index (χ3n) is 4.13. The van der Waals surface area contributed by atoms with E-state index in [4.69, 9.17) is 23.8 Å². The maximum absolute atomic E-state index is 10.2. The van der Waals surface area contributed by atoms with E-state index in [1.54, 1.807) is 4.68 Å². The number of hydrogen-bond donors (Lipinski definition) is 1. The molecule has 0 aliphatic heterocycles. The molecule has 6 nitrogen and oxygen atoms in total. The molecule has 1 saturated carbocycles. The van der Waals surface area contributed by atoms with Gasteiger partial charge in [0.1, 0.15) is 0 Å². The molecule has 0 saturated heterocycles. The van der Waals surface area contributed by atoms with E-state index in [9.17, 15) is 5.11 Å². The predicted molar refractivity (Wildman–Crippen MR) is 85.4 cm³/mol. The molecule has 0 spiro atoms. The highest BCUT2D eigenvalue weighted by Gasteiger charge is 2.33. The molecular formula is C13H22ClN5OS. The fourth-order valence-corrected chi connectivity index (χ4v) is 3.35. The lowest BCUT2D eigenvalue weighted by molar-refractivity contribution is 0.0631. The van der Waals surface area contributed by atoms with Gasteiger partial charge in [-0.2, -0.15) is 0 Å². The van der Waals surface area contributed by atoms with Gasteiger partial charge < -0.3 is 10.0 Å². The van der Waals surface area contributed by atoms with Gasteiger partial charge >= 0.3 is 0 Å². The minimum absolute atomic E-state index is 0.0326. The summed E-state index contributed by atoms with van der Waals surface area (Å²) in [6, 6.07) is 0.0326. The van der Waals surface area contributed by atoms with Gasteiger partial charge in [-0.15, -0.1) is 16.7 Å². The molecule has 1 aliphatic rings. The Morgan fingerprint density at radius 3 is 2.95 bits per heavy atom. The van der Waals surface area contributed by atoms with Crippen LogP contribution < -0.4 is 0 Å². The van der Waals surface area contributed by atoms with E-state index >= 15 is 0 Å². The second kappa shape index (κ2) is 7.47. The Hall–Kier alpha value is -0.790. The normalized spacial score (nSPS) is 25.8. The highest BCUT2D eigenvalue weighted by atomic mass is 35.5. The summed E-state index contributed by atoms with van der Waals surface area (Å²) in [6.45, 7) is 0. The maximum atomic E-state index is 10.2. The summed E-state index contributed by atoms with van der Waals surface area (Å²) in [5, 5.41) is 21.4. The third kappa shape index (κ3) is 4.11. The molecular weight excluding hydrogens is 310 g/mol. The summed E-state index contributed by atoms with van der Waals surface area (Å²) in [5.41, 5.74) is 0. The first-order valence-electron chi connectivity index (χ1n) is 7.29. The first-order chi connectivity index (χ1) is 10.0. The molecule has 1 aromatic heterocycles. The van der Waals surface area contributed by atoms with Gasteiger partial charge in [-0.1, -0.05) is 12.2 Å². The van der Waals surface area contributed by atoms with Crippen LogP contribution in [0.3, 0.4) is 0 Å². The lowest BCUT2D eigenvalue weighted by Crippen LogP contribution is -2.49. The van der Waals surface area contributed by atoms with Crippen molar-refractivity contribution in [3.05, 3.63) is 5.82 Å². The number of nitrogens with zero attached hydrogens (tertiary/aromatic N) is 5. The molecule has 0 bridgehead atoms. The van der Waals surface area contributed by atoms with Gasteiger partial charge in [-0.05, 0) is 42.5 Å². The van der Waals surface area contributed by atoms with Crippen LogP contribution in [0.15, 0.2) is 0 Å². The number of tetrazole rings is 1. The molecule has 3 unspecified atom stereocenters. The van der Waals surface area contributed by atoms with Crippen LogP contribution in [0.25, 0.3) is 0 Å². The Morgan fingerprint density at radius 2 is 2.29 bits per heavy atom. The Kier molecular flexibility index (Phi) is 5.89. The largest absolute Gasteiger partial charge is 0.389 e. The SMILES string of the molecule is CN(C(=S)CCCc1nnnn1C)C1CCCC(Cl)C1O. The van der Waals surface area contributed by atoms with Gasteiger partial charge in [0.05, 0.1) is 22.5 Å². The number of rotatable bonds is 5. The molecule has 2 rings (SSSR count).